The lowest BCUT2D eigenvalue weighted by atomic mass is 10.1. The summed E-state index contributed by atoms with van der Waals surface area (Å²) in [6.45, 7) is 2.91. The van der Waals surface area contributed by atoms with Crippen LogP contribution in [0.2, 0.25) is 0 Å². The van der Waals surface area contributed by atoms with Crippen LogP contribution >= 0.6 is 0 Å². The maximum Gasteiger partial charge on any atom is 0.417 e. The topological polar surface area (TPSA) is 68.4 Å². The van der Waals surface area contributed by atoms with E-state index in [0.717, 1.165) is 54.3 Å². The van der Waals surface area contributed by atoms with E-state index in [9.17, 15) is 18.0 Å². The van der Waals surface area contributed by atoms with Crippen molar-refractivity contribution < 1.29 is 18.0 Å². The molecule has 0 aliphatic carbocycles. The van der Waals surface area contributed by atoms with Gasteiger partial charge in [-0.3, -0.25) is 9.69 Å². The van der Waals surface area contributed by atoms with Crippen LogP contribution in [-0.4, -0.2) is 68.9 Å². The molecule has 2 fully saturated rings. The van der Waals surface area contributed by atoms with E-state index in [2.05, 4.69) is 19.8 Å². The van der Waals surface area contributed by atoms with Gasteiger partial charge in [-0.05, 0) is 25.0 Å². The molecule has 1 aromatic carbocycles. The number of carbonyl (C=O) groups excluding carboxylic acids is 1. The second kappa shape index (κ2) is 8.92. The first-order valence-corrected chi connectivity index (χ1v) is 12.3. The molecular formula is C26H27F3N6O. The van der Waals surface area contributed by atoms with Gasteiger partial charge in [0.1, 0.15) is 11.6 Å². The average molecular weight is 497 g/mol. The Labute approximate surface area is 206 Å². The number of imidazole rings is 1. The van der Waals surface area contributed by atoms with Gasteiger partial charge in [0.2, 0.25) is 5.91 Å². The molecular weight excluding hydrogens is 469 g/mol. The van der Waals surface area contributed by atoms with Crippen molar-refractivity contribution in [1.29, 1.82) is 0 Å². The second-order valence-electron chi connectivity index (χ2n) is 9.83. The molecule has 188 valence electrons. The fraction of sp³-hybridized carbons (Fsp3) is 0.423. The number of amides is 1. The zero-order chi connectivity index (χ0) is 24.9. The summed E-state index contributed by atoms with van der Waals surface area (Å²) in [6, 6.07) is 12.8. The lowest BCUT2D eigenvalue weighted by Gasteiger charge is -2.42. The summed E-state index contributed by atoms with van der Waals surface area (Å²) in [6.07, 6.45) is -0.863. The number of aromatic amines is 1. The van der Waals surface area contributed by atoms with Crippen LogP contribution in [0.15, 0.2) is 48.7 Å². The van der Waals surface area contributed by atoms with Crippen LogP contribution in [-0.2, 0) is 23.9 Å². The summed E-state index contributed by atoms with van der Waals surface area (Å²) < 4.78 is 38.7. The van der Waals surface area contributed by atoms with Gasteiger partial charge in [0.25, 0.3) is 0 Å². The van der Waals surface area contributed by atoms with Crippen molar-refractivity contribution in [3.8, 4) is 11.4 Å². The maximum atomic E-state index is 13.2. The van der Waals surface area contributed by atoms with Crippen molar-refractivity contribution in [2.75, 3.05) is 31.1 Å². The Bertz CT molecular complexity index is 1230. The number of fused-ring (bicyclic) bond motifs is 3. The number of hydrogen-bond acceptors (Lipinski definition) is 5. The smallest absolute Gasteiger partial charge is 0.348 e. The number of aromatic nitrogens is 3. The first-order chi connectivity index (χ1) is 17.3. The standard InChI is InChI=1S/C26H27F3N6O/c27-26(28,29)18-6-9-23(30-12-18)35-19-7-8-20(35)14-33(13-19)16-24(36)34-11-10-21-22(15-34)32-25(31-21)17-4-2-1-3-5-17/h1-6,9,12,19-20H,7-8,10-11,13-16H2,(H,31,32). The van der Waals surface area contributed by atoms with E-state index in [0.29, 0.717) is 38.5 Å². The van der Waals surface area contributed by atoms with E-state index in [-0.39, 0.29) is 18.0 Å². The van der Waals surface area contributed by atoms with Crippen LogP contribution in [0.5, 0.6) is 0 Å². The number of anilines is 1. The Morgan fingerprint density at radius 2 is 1.81 bits per heavy atom. The van der Waals surface area contributed by atoms with Gasteiger partial charge >= 0.3 is 6.18 Å². The summed E-state index contributed by atoms with van der Waals surface area (Å²) in [5.41, 5.74) is 2.31. The van der Waals surface area contributed by atoms with Gasteiger partial charge in [-0.2, -0.15) is 13.2 Å². The van der Waals surface area contributed by atoms with E-state index in [1.54, 1.807) is 0 Å². The number of nitrogens with zero attached hydrogens (tertiary/aromatic N) is 5. The number of hydrogen-bond donors (Lipinski definition) is 1. The summed E-state index contributed by atoms with van der Waals surface area (Å²) in [5, 5.41) is 0. The monoisotopic (exact) mass is 496 g/mol. The summed E-state index contributed by atoms with van der Waals surface area (Å²) in [7, 11) is 0. The molecule has 0 saturated carbocycles. The van der Waals surface area contributed by atoms with Crippen LogP contribution in [0.3, 0.4) is 0 Å². The van der Waals surface area contributed by atoms with Gasteiger partial charge in [-0.1, -0.05) is 30.3 Å². The number of benzene rings is 1. The minimum Gasteiger partial charge on any atom is -0.348 e. The van der Waals surface area contributed by atoms with E-state index < -0.39 is 11.7 Å². The molecule has 3 aliphatic rings. The largest absolute Gasteiger partial charge is 0.417 e. The quantitative estimate of drug-likeness (QED) is 0.596. The highest BCUT2D eigenvalue weighted by atomic mass is 19.4. The number of H-pyrrole nitrogens is 1. The molecule has 3 aromatic rings. The molecule has 2 saturated heterocycles. The van der Waals surface area contributed by atoms with Crippen LogP contribution in [0.4, 0.5) is 19.0 Å². The Kier molecular flexibility index (Phi) is 5.70. The molecule has 1 N–H and O–H groups in total. The minimum atomic E-state index is -4.39. The third-order valence-corrected chi connectivity index (χ3v) is 7.49. The fourth-order valence-electron chi connectivity index (χ4n) is 5.73. The minimum absolute atomic E-state index is 0.0945. The van der Waals surface area contributed by atoms with Crippen molar-refractivity contribution in [3.05, 3.63) is 65.6 Å². The highest BCUT2D eigenvalue weighted by Gasteiger charge is 2.41. The predicted molar refractivity (Wildman–Crippen MR) is 128 cm³/mol. The molecule has 0 radical (unpaired) electrons. The molecule has 2 bridgehead atoms. The van der Waals surface area contributed by atoms with E-state index in [4.69, 9.17) is 4.98 Å². The number of rotatable bonds is 4. The van der Waals surface area contributed by atoms with Crippen LogP contribution in [0.25, 0.3) is 11.4 Å². The fourth-order valence-corrected chi connectivity index (χ4v) is 5.73. The number of likely N-dealkylation sites (tertiary alicyclic amines) is 1. The number of nitrogens with one attached hydrogen (secondary N) is 1. The summed E-state index contributed by atoms with van der Waals surface area (Å²) in [5.74, 6) is 1.51. The first-order valence-electron chi connectivity index (χ1n) is 12.3. The normalized spacial score (nSPS) is 22.1. The van der Waals surface area contributed by atoms with Gasteiger partial charge in [0.15, 0.2) is 0 Å². The van der Waals surface area contributed by atoms with E-state index in [1.807, 2.05) is 35.2 Å². The SMILES string of the molecule is O=C(CN1CC2CCC(C1)N2c1ccc(C(F)(F)F)cn1)N1CCc2nc(-c3ccccc3)[nH]c2C1. The molecule has 0 spiro atoms. The van der Waals surface area contributed by atoms with Crippen LogP contribution in [0, 0.1) is 0 Å². The zero-order valence-electron chi connectivity index (χ0n) is 19.7. The van der Waals surface area contributed by atoms with Gasteiger partial charge in [-0.25, -0.2) is 9.97 Å². The van der Waals surface area contributed by atoms with Crippen molar-refractivity contribution in [1.82, 2.24) is 24.8 Å². The number of pyridine rings is 1. The Balaban J connectivity index is 1.08. The summed E-state index contributed by atoms with van der Waals surface area (Å²) >= 11 is 0. The molecule has 2 aromatic heterocycles. The first kappa shape index (κ1) is 23.0. The van der Waals surface area contributed by atoms with E-state index >= 15 is 0 Å². The van der Waals surface area contributed by atoms with Crippen molar-refractivity contribution in [2.45, 2.75) is 44.1 Å². The molecule has 36 heavy (non-hydrogen) atoms. The Morgan fingerprint density at radius 3 is 2.47 bits per heavy atom. The van der Waals surface area contributed by atoms with Gasteiger partial charge in [-0.15, -0.1) is 0 Å². The lowest BCUT2D eigenvalue weighted by Crippen LogP contribution is -2.56. The molecule has 6 rings (SSSR count). The number of halogens is 3. The van der Waals surface area contributed by atoms with Crippen molar-refractivity contribution >= 4 is 11.7 Å². The Hall–Kier alpha value is -3.40. The van der Waals surface area contributed by atoms with Crippen molar-refractivity contribution in [2.24, 2.45) is 0 Å². The van der Waals surface area contributed by atoms with Crippen LogP contribution < -0.4 is 4.90 Å². The highest BCUT2D eigenvalue weighted by molar-refractivity contribution is 5.78. The predicted octanol–water partition coefficient (Wildman–Crippen LogP) is 3.73. The number of carbonyl (C=O) groups is 1. The molecule has 2 unspecified atom stereocenters. The zero-order valence-corrected chi connectivity index (χ0v) is 19.7. The molecule has 3 aliphatic heterocycles. The molecule has 10 heteroatoms. The summed E-state index contributed by atoms with van der Waals surface area (Å²) in [4.78, 5) is 31.7. The maximum absolute atomic E-state index is 13.2. The third kappa shape index (κ3) is 4.34. The molecule has 5 heterocycles. The van der Waals surface area contributed by atoms with E-state index in [1.165, 1.54) is 6.07 Å². The highest BCUT2D eigenvalue weighted by Crippen LogP contribution is 2.35. The van der Waals surface area contributed by atoms with Crippen LogP contribution in [0.1, 0.15) is 29.8 Å². The van der Waals surface area contributed by atoms with Gasteiger partial charge in [0, 0.05) is 49.9 Å². The number of alkyl halides is 3. The lowest BCUT2D eigenvalue weighted by molar-refractivity contribution is -0.137. The van der Waals surface area contributed by atoms with Crippen molar-refractivity contribution in [3.63, 3.8) is 0 Å². The molecule has 2 atom stereocenters. The van der Waals surface area contributed by atoms with Gasteiger partial charge < -0.3 is 14.8 Å². The number of piperazine rings is 1. The average Bonchev–Trinajstić information content (AvgIpc) is 3.42. The van der Waals surface area contributed by atoms with Gasteiger partial charge in [0.05, 0.1) is 30.0 Å². The second-order valence-corrected chi connectivity index (χ2v) is 9.83. The molecule has 1 amide bonds. The Morgan fingerprint density at radius 1 is 1.06 bits per heavy atom. The third-order valence-electron chi connectivity index (χ3n) is 7.49. The molecule has 7 nitrogen and oxygen atoms in total.